The maximum Gasteiger partial charge on any atom is 0.129 e. The van der Waals surface area contributed by atoms with Crippen LogP contribution >= 0.6 is 0 Å². The summed E-state index contributed by atoms with van der Waals surface area (Å²) < 4.78 is 4.72. The molecule has 0 radical (unpaired) electrons. The highest BCUT2D eigenvalue weighted by atomic mass is 16.5. The van der Waals surface area contributed by atoms with Crippen LogP contribution in [0.15, 0.2) is 29.1 Å². The topological polar surface area (TPSA) is 77.0 Å². The average Bonchev–Trinajstić information content (AvgIpc) is 2.69. The summed E-state index contributed by atoms with van der Waals surface area (Å²) in [5, 5.41) is 6.94. The number of nitrogen functional groups attached to an aromatic ring is 1. The largest absolute Gasteiger partial charge is 0.397 e. The van der Waals surface area contributed by atoms with E-state index < -0.39 is 0 Å². The molecule has 0 aliphatic heterocycles. The van der Waals surface area contributed by atoms with E-state index in [9.17, 15) is 0 Å². The zero-order chi connectivity index (χ0) is 10.7. The number of aromatic nitrogens is 2. The fraction of sp³-hybridized carbons (Fsp3) is 0.200. The first kappa shape index (κ1) is 9.51. The van der Waals surface area contributed by atoms with Gasteiger partial charge in [-0.2, -0.15) is 0 Å². The molecule has 0 saturated heterocycles. The maximum atomic E-state index is 5.60. The first-order valence-electron chi connectivity index (χ1n) is 4.61. The van der Waals surface area contributed by atoms with Crippen molar-refractivity contribution in [2.75, 3.05) is 11.1 Å². The SMILES string of the molecule is Cc1cc(N)cnc1NCc1ccon1. The quantitative estimate of drug-likeness (QED) is 0.793. The molecular formula is C10H12N4O. The van der Waals surface area contributed by atoms with Crippen LogP contribution in [0.3, 0.4) is 0 Å². The predicted molar refractivity (Wildman–Crippen MR) is 57.2 cm³/mol. The molecule has 15 heavy (non-hydrogen) atoms. The van der Waals surface area contributed by atoms with Crippen LogP contribution in [-0.2, 0) is 6.54 Å². The Morgan fingerprint density at radius 2 is 2.40 bits per heavy atom. The highest BCUT2D eigenvalue weighted by Crippen LogP contribution is 2.14. The Labute approximate surface area is 87.3 Å². The van der Waals surface area contributed by atoms with Crippen LogP contribution < -0.4 is 11.1 Å². The van der Waals surface area contributed by atoms with Gasteiger partial charge in [0.05, 0.1) is 18.4 Å². The molecular weight excluding hydrogens is 192 g/mol. The zero-order valence-electron chi connectivity index (χ0n) is 8.40. The van der Waals surface area contributed by atoms with E-state index in [0.717, 1.165) is 17.1 Å². The van der Waals surface area contributed by atoms with Gasteiger partial charge in [0, 0.05) is 6.07 Å². The lowest BCUT2D eigenvalue weighted by atomic mass is 10.2. The number of aryl methyl sites for hydroxylation is 1. The maximum absolute atomic E-state index is 5.60. The van der Waals surface area contributed by atoms with Gasteiger partial charge in [-0.05, 0) is 18.6 Å². The monoisotopic (exact) mass is 204 g/mol. The van der Waals surface area contributed by atoms with Crippen molar-refractivity contribution in [1.82, 2.24) is 10.1 Å². The van der Waals surface area contributed by atoms with Crippen LogP contribution in [0.2, 0.25) is 0 Å². The van der Waals surface area contributed by atoms with Gasteiger partial charge in [-0.1, -0.05) is 5.16 Å². The minimum atomic E-state index is 0.592. The summed E-state index contributed by atoms with van der Waals surface area (Å²) in [5.41, 5.74) is 8.12. The van der Waals surface area contributed by atoms with Crippen molar-refractivity contribution in [2.45, 2.75) is 13.5 Å². The van der Waals surface area contributed by atoms with Crippen molar-refractivity contribution >= 4 is 11.5 Å². The molecule has 5 heteroatoms. The second-order valence-corrected chi connectivity index (χ2v) is 3.28. The van der Waals surface area contributed by atoms with E-state index in [1.54, 1.807) is 18.5 Å². The third-order valence-electron chi connectivity index (χ3n) is 2.03. The minimum absolute atomic E-state index is 0.592. The molecule has 0 atom stereocenters. The number of hydrogen-bond acceptors (Lipinski definition) is 5. The molecule has 2 aromatic heterocycles. The fourth-order valence-electron chi connectivity index (χ4n) is 1.28. The zero-order valence-corrected chi connectivity index (χ0v) is 8.40. The van der Waals surface area contributed by atoms with Gasteiger partial charge in [-0.15, -0.1) is 0 Å². The summed E-state index contributed by atoms with van der Waals surface area (Å²) in [5.74, 6) is 0.812. The molecule has 2 rings (SSSR count). The molecule has 3 N–H and O–H groups in total. The number of hydrogen-bond donors (Lipinski definition) is 2. The predicted octanol–water partition coefficient (Wildman–Crippen LogP) is 1.57. The molecule has 0 aliphatic carbocycles. The van der Waals surface area contributed by atoms with E-state index in [1.165, 1.54) is 0 Å². The van der Waals surface area contributed by atoms with E-state index in [2.05, 4.69) is 15.5 Å². The van der Waals surface area contributed by atoms with Crippen molar-refractivity contribution in [3.05, 3.63) is 35.9 Å². The van der Waals surface area contributed by atoms with Gasteiger partial charge < -0.3 is 15.6 Å². The van der Waals surface area contributed by atoms with Gasteiger partial charge in [0.2, 0.25) is 0 Å². The Kier molecular flexibility index (Phi) is 2.53. The molecule has 0 aliphatic rings. The molecule has 0 aromatic carbocycles. The molecule has 2 heterocycles. The van der Waals surface area contributed by atoms with E-state index in [4.69, 9.17) is 10.3 Å². The number of pyridine rings is 1. The molecule has 0 unspecified atom stereocenters. The van der Waals surface area contributed by atoms with Crippen LogP contribution in [0.5, 0.6) is 0 Å². The number of rotatable bonds is 3. The number of nitrogens with one attached hydrogen (secondary N) is 1. The molecule has 0 saturated carbocycles. The highest BCUT2D eigenvalue weighted by Gasteiger charge is 2.01. The van der Waals surface area contributed by atoms with E-state index in [0.29, 0.717) is 12.2 Å². The Morgan fingerprint density at radius 1 is 1.53 bits per heavy atom. The lowest BCUT2D eigenvalue weighted by Crippen LogP contribution is -2.03. The van der Waals surface area contributed by atoms with Crippen LogP contribution in [0, 0.1) is 6.92 Å². The highest BCUT2D eigenvalue weighted by molar-refractivity contribution is 5.50. The first-order chi connectivity index (χ1) is 7.25. The lowest BCUT2D eigenvalue weighted by Gasteiger charge is -2.06. The summed E-state index contributed by atoms with van der Waals surface area (Å²) in [6.45, 7) is 2.54. The molecule has 0 amide bonds. The Balaban J connectivity index is 2.05. The average molecular weight is 204 g/mol. The number of nitrogens with zero attached hydrogens (tertiary/aromatic N) is 2. The minimum Gasteiger partial charge on any atom is -0.397 e. The van der Waals surface area contributed by atoms with Crippen LogP contribution in [0.1, 0.15) is 11.3 Å². The van der Waals surface area contributed by atoms with Crippen LogP contribution in [0.4, 0.5) is 11.5 Å². The normalized spacial score (nSPS) is 10.2. The van der Waals surface area contributed by atoms with Crippen molar-refractivity contribution in [2.24, 2.45) is 0 Å². The fourth-order valence-corrected chi connectivity index (χ4v) is 1.28. The molecule has 78 valence electrons. The van der Waals surface area contributed by atoms with E-state index in [-0.39, 0.29) is 0 Å². The Bertz CT molecular complexity index is 439. The van der Waals surface area contributed by atoms with Crippen molar-refractivity contribution in [1.29, 1.82) is 0 Å². The molecule has 0 spiro atoms. The summed E-state index contributed by atoms with van der Waals surface area (Å²) in [7, 11) is 0. The molecule has 0 bridgehead atoms. The number of anilines is 2. The summed E-state index contributed by atoms with van der Waals surface area (Å²) in [6.07, 6.45) is 3.17. The van der Waals surface area contributed by atoms with Gasteiger partial charge >= 0.3 is 0 Å². The van der Waals surface area contributed by atoms with Crippen LogP contribution in [-0.4, -0.2) is 10.1 Å². The van der Waals surface area contributed by atoms with Gasteiger partial charge in [0.15, 0.2) is 0 Å². The van der Waals surface area contributed by atoms with Gasteiger partial charge in [0.1, 0.15) is 17.8 Å². The lowest BCUT2D eigenvalue weighted by molar-refractivity contribution is 0.412. The summed E-state index contributed by atoms with van der Waals surface area (Å²) >= 11 is 0. The number of nitrogens with two attached hydrogens (primary N) is 1. The van der Waals surface area contributed by atoms with E-state index >= 15 is 0 Å². The molecule has 0 fully saturated rings. The van der Waals surface area contributed by atoms with Gasteiger partial charge in [0.25, 0.3) is 0 Å². The Morgan fingerprint density at radius 3 is 3.07 bits per heavy atom. The van der Waals surface area contributed by atoms with Gasteiger partial charge in [-0.25, -0.2) is 4.98 Å². The second-order valence-electron chi connectivity index (χ2n) is 3.28. The smallest absolute Gasteiger partial charge is 0.129 e. The van der Waals surface area contributed by atoms with E-state index in [1.807, 2.05) is 13.0 Å². The second kappa shape index (κ2) is 4.00. The third kappa shape index (κ3) is 2.25. The summed E-state index contributed by atoms with van der Waals surface area (Å²) in [6, 6.07) is 3.68. The van der Waals surface area contributed by atoms with Crippen LogP contribution in [0.25, 0.3) is 0 Å². The first-order valence-corrected chi connectivity index (χ1v) is 4.61. The molecule has 2 aromatic rings. The van der Waals surface area contributed by atoms with Gasteiger partial charge in [-0.3, -0.25) is 0 Å². The summed E-state index contributed by atoms with van der Waals surface area (Å²) in [4.78, 5) is 4.18. The third-order valence-corrected chi connectivity index (χ3v) is 2.03. The molecule has 5 nitrogen and oxygen atoms in total. The Hall–Kier alpha value is -2.04. The van der Waals surface area contributed by atoms with Crippen molar-refractivity contribution in [3.8, 4) is 0 Å². The van der Waals surface area contributed by atoms with Crippen molar-refractivity contribution in [3.63, 3.8) is 0 Å². The standard InChI is InChI=1S/C10H12N4O/c1-7-4-8(11)5-12-10(7)13-6-9-2-3-15-14-9/h2-5H,6,11H2,1H3,(H,12,13). The van der Waals surface area contributed by atoms with Crippen molar-refractivity contribution < 1.29 is 4.52 Å².